The number of para-hydroxylation sites is 1. The van der Waals surface area contributed by atoms with Crippen molar-refractivity contribution in [1.82, 2.24) is 19.6 Å². The molecule has 1 aliphatic heterocycles. The minimum Gasteiger partial charge on any atom is -0.504 e. The summed E-state index contributed by atoms with van der Waals surface area (Å²) in [5, 5.41) is 23.1. The number of piperazine rings is 1. The van der Waals surface area contributed by atoms with E-state index in [0.717, 1.165) is 22.5 Å². The second-order valence-electron chi connectivity index (χ2n) is 7.70. The van der Waals surface area contributed by atoms with E-state index < -0.39 is 23.4 Å². The van der Waals surface area contributed by atoms with Crippen LogP contribution in [-0.2, 0) is 12.7 Å². The SMILES string of the molecule is N#Cc1ccc(CN2CCN(C(=O)c3nn(-c4ccccc4C(F)(F)F)cc3O)CC2)cc1. The van der Waals surface area contributed by atoms with Crippen LogP contribution in [0.15, 0.2) is 54.7 Å². The van der Waals surface area contributed by atoms with Gasteiger partial charge in [0.1, 0.15) is 0 Å². The third-order valence-corrected chi connectivity index (χ3v) is 5.50. The van der Waals surface area contributed by atoms with Crippen LogP contribution in [0.3, 0.4) is 0 Å². The van der Waals surface area contributed by atoms with Crippen LogP contribution in [-0.4, -0.2) is 56.8 Å². The summed E-state index contributed by atoms with van der Waals surface area (Å²) in [6.45, 7) is 2.62. The lowest BCUT2D eigenvalue weighted by atomic mass is 10.1. The number of hydrogen-bond acceptors (Lipinski definition) is 5. The van der Waals surface area contributed by atoms with Gasteiger partial charge in [-0.05, 0) is 29.8 Å². The van der Waals surface area contributed by atoms with Gasteiger partial charge in [0, 0.05) is 32.7 Å². The lowest BCUT2D eigenvalue weighted by Gasteiger charge is -2.34. The molecule has 33 heavy (non-hydrogen) atoms. The Hall–Kier alpha value is -3.84. The maximum atomic E-state index is 13.3. The fraction of sp³-hybridized carbons (Fsp3) is 0.261. The van der Waals surface area contributed by atoms with Crippen LogP contribution in [0.1, 0.15) is 27.2 Å². The Kier molecular flexibility index (Phi) is 6.07. The summed E-state index contributed by atoms with van der Waals surface area (Å²) in [5.41, 5.74) is 0.168. The number of nitriles is 1. The van der Waals surface area contributed by atoms with Crippen LogP contribution in [0.25, 0.3) is 5.69 Å². The average Bonchev–Trinajstić information content (AvgIpc) is 3.20. The van der Waals surface area contributed by atoms with Crippen LogP contribution < -0.4 is 0 Å². The van der Waals surface area contributed by atoms with Crippen molar-refractivity contribution < 1.29 is 23.1 Å². The van der Waals surface area contributed by atoms with E-state index in [1.165, 1.54) is 23.1 Å². The van der Waals surface area contributed by atoms with E-state index in [9.17, 15) is 23.1 Å². The minimum absolute atomic E-state index is 0.272. The van der Waals surface area contributed by atoms with Gasteiger partial charge in [-0.3, -0.25) is 9.69 Å². The van der Waals surface area contributed by atoms with Gasteiger partial charge < -0.3 is 10.0 Å². The van der Waals surface area contributed by atoms with Crippen LogP contribution in [0.4, 0.5) is 13.2 Å². The fourth-order valence-electron chi connectivity index (χ4n) is 3.76. The van der Waals surface area contributed by atoms with Crippen molar-refractivity contribution in [3.05, 3.63) is 77.1 Å². The normalized spacial score (nSPS) is 14.8. The third-order valence-electron chi connectivity index (χ3n) is 5.50. The Morgan fingerprint density at radius 2 is 1.73 bits per heavy atom. The topological polar surface area (TPSA) is 85.4 Å². The maximum Gasteiger partial charge on any atom is 0.418 e. The maximum absolute atomic E-state index is 13.3. The molecule has 1 aromatic heterocycles. The highest BCUT2D eigenvalue weighted by atomic mass is 19.4. The molecule has 0 spiro atoms. The molecule has 1 aliphatic rings. The Bertz CT molecular complexity index is 1190. The molecule has 0 bridgehead atoms. The fourth-order valence-corrected chi connectivity index (χ4v) is 3.76. The van der Waals surface area contributed by atoms with Crippen molar-refractivity contribution in [1.29, 1.82) is 5.26 Å². The second-order valence-corrected chi connectivity index (χ2v) is 7.70. The van der Waals surface area contributed by atoms with Gasteiger partial charge in [-0.25, -0.2) is 4.68 Å². The standard InChI is InChI=1S/C23H20F3N5O2/c24-23(25,26)18-3-1-2-4-19(18)31-15-20(32)21(28-31)22(33)30-11-9-29(10-12-30)14-17-7-5-16(13-27)6-8-17/h1-8,15,32H,9-12,14H2. The van der Waals surface area contributed by atoms with E-state index in [4.69, 9.17) is 5.26 Å². The number of aromatic nitrogens is 2. The van der Waals surface area contributed by atoms with Crippen molar-refractivity contribution in [2.45, 2.75) is 12.7 Å². The summed E-state index contributed by atoms with van der Waals surface area (Å²) in [6.07, 6.45) is -3.59. The minimum atomic E-state index is -4.60. The van der Waals surface area contributed by atoms with Gasteiger partial charge in [0.15, 0.2) is 11.4 Å². The number of hydrogen-bond donors (Lipinski definition) is 1. The van der Waals surface area contributed by atoms with Crippen molar-refractivity contribution in [2.75, 3.05) is 26.2 Å². The van der Waals surface area contributed by atoms with Crippen molar-refractivity contribution >= 4 is 5.91 Å². The van der Waals surface area contributed by atoms with Gasteiger partial charge in [-0.15, -0.1) is 0 Å². The zero-order chi connectivity index (χ0) is 23.6. The molecule has 0 aliphatic carbocycles. The first-order valence-corrected chi connectivity index (χ1v) is 10.2. The van der Waals surface area contributed by atoms with Crippen LogP contribution >= 0.6 is 0 Å². The van der Waals surface area contributed by atoms with E-state index in [2.05, 4.69) is 16.1 Å². The molecule has 0 atom stereocenters. The zero-order valence-electron chi connectivity index (χ0n) is 17.5. The first-order valence-electron chi connectivity index (χ1n) is 10.2. The van der Waals surface area contributed by atoms with Crippen molar-refractivity contribution in [3.8, 4) is 17.5 Å². The van der Waals surface area contributed by atoms with E-state index in [0.29, 0.717) is 38.3 Å². The number of benzene rings is 2. The molecule has 2 aromatic carbocycles. The molecule has 1 N–H and O–H groups in total. The predicted molar refractivity (Wildman–Crippen MR) is 113 cm³/mol. The molecule has 2 heterocycles. The molecule has 7 nitrogen and oxygen atoms in total. The number of carbonyl (C=O) groups is 1. The van der Waals surface area contributed by atoms with E-state index in [1.807, 2.05) is 12.1 Å². The van der Waals surface area contributed by atoms with Gasteiger partial charge >= 0.3 is 6.18 Å². The Balaban J connectivity index is 1.44. The predicted octanol–water partition coefficient (Wildman–Crippen LogP) is 3.43. The molecule has 1 amide bonds. The summed E-state index contributed by atoms with van der Waals surface area (Å²) >= 11 is 0. The van der Waals surface area contributed by atoms with Gasteiger partial charge in [-0.1, -0.05) is 24.3 Å². The average molecular weight is 455 g/mol. The number of amides is 1. The van der Waals surface area contributed by atoms with Crippen molar-refractivity contribution in [2.24, 2.45) is 0 Å². The molecule has 10 heteroatoms. The molecule has 1 saturated heterocycles. The second kappa shape index (κ2) is 8.96. The molecule has 0 saturated carbocycles. The summed E-state index contributed by atoms with van der Waals surface area (Å²) in [5.74, 6) is -1.01. The molecule has 170 valence electrons. The lowest BCUT2D eigenvalue weighted by Crippen LogP contribution is -2.48. The van der Waals surface area contributed by atoms with Crippen LogP contribution in [0.2, 0.25) is 0 Å². The largest absolute Gasteiger partial charge is 0.504 e. The van der Waals surface area contributed by atoms with E-state index >= 15 is 0 Å². The Labute approximate surface area is 187 Å². The first-order chi connectivity index (χ1) is 15.8. The van der Waals surface area contributed by atoms with Gasteiger partial charge in [0.05, 0.1) is 29.1 Å². The number of alkyl halides is 3. The Morgan fingerprint density at radius 3 is 2.36 bits per heavy atom. The van der Waals surface area contributed by atoms with Gasteiger partial charge in [0.2, 0.25) is 0 Å². The number of aromatic hydroxyl groups is 1. The third kappa shape index (κ3) is 4.83. The van der Waals surface area contributed by atoms with Crippen molar-refractivity contribution in [3.63, 3.8) is 0 Å². The highest BCUT2D eigenvalue weighted by molar-refractivity contribution is 5.95. The number of nitrogens with zero attached hydrogens (tertiary/aromatic N) is 5. The summed E-state index contributed by atoms with van der Waals surface area (Å²) in [6, 6.07) is 14.2. The van der Waals surface area contributed by atoms with Gasteiger partial charge in [0.25, 0.3) is 5.91 Å². The highest BCUT2D eigenvalue weighted by Crippen LogP contribution is 2.34. The smallest absolute Gasteiger partial charge is 0.418 e. The first kappa shape index (κ1) is 22.4. The molecular weight excluding hydrogens is 435 g/mol. The number of rotatable bonds is 4. The van der Waals surface area contributed by atoms with E-state index in [1.54, 1.807) is 12.1 Å². The van der Waals surface area contributed by atoms with Crippen LogP contribution in [0.5, 0.6) is 5.75 Å². The molecule has 3 aromatic rings. The quantitative estimate of drug-likeness (QED) is 0.652. The highest BCUT2D eigenvalue weighted by Gasteiger charge is 2.34. The summed E-state index contributed by atoms with van der Waals surface area (Å²) in [4.78, 5) is 16.6. The Morgan fingerprint density at radius 1 is 1.06 bits per heavy atom. The summed E-state index contributed by atoms with van der Waals surface area (Å²) in [7, 11) is 0. The molecule has 1 fully saturated rings. The molecule has 0 radical (unpaired) electrons. The van der Waals surface area contributed by atoms with Crippen LogP contribution in [0, 0.1) is 11.3 Å². The number of carbonyl (C=O) groups excluding carboxylic acids is 1. The molecular formula is C23H20F3N5O2. The molecule has 0 unspecified atom stereocenters. The van der Waals surface area contributed by atoms with Gasteiger partial charge in [-0.2, -0.15) is 23.5 Å². The lowest BCUT2D eigenvalue weighted by molar-refractivity contribution is -0.137. The molecule has 4 rings (SSSR count). The van der Waals surface area contributed by atoms with E-state index in [-0.39, 0.29) is 11.4 Å². The number of halogens is 3. The monoisotopic (exact) mass is 455 g/mol. The zero-order valence-corrected chi connectivity index (χ0v) is 17.5. The summed E-state index contributed by atoms with van der Waals surface area (Å²) < 4.78 is 40.9.